The van der Waals surface area contributed by atoms with Crippen LogP contribution in [0.25, 0.3) is 0 Å². The van der Waals surface area contributed by atoms with E-state index in [1.807, 2.05) is 24.3 Å². The average Bonchev–Trinajstić information content (AvgIpc) is 2.66. The maximum atomic E-state index is 12.3. The number of amides is 2. The molecule has 150 valence electrons. The van der Waals surface area contributed by atoms with Crippen molar-refractivity contribution in [3.05, 3.63) is 59.7 Å². The van der Waals surface area contributed by atoms with E-state index in [0.717, 1.165) is 12.8 Å². The lowest BCUT2D eigenvalue weighted by molar-refractivity contribution is -0.118. The molecule has 0 aliphatic rings. The highest BCUT2D eigenvalue weighted by Crippen LogP contribution is 2.24. The van der Waals surface area contributed by atoms with Gasteiger partial charge in [-0.3, -0.25) is 9.59 Å². The number of benzene rings is 2. The third-order valence-electron chi connectivity index (χ3n) is 4.35. The number of ether oxygens (including phenoxy) is 1. The first kappa shape index (κ1) is 21.5. The number of nitrogens with one attached hydrogen (secondary N) is 2. The summed E-state index contributed by atoms with van der Waals surface area (Å²) in [7, 11) is 0. The fourth-order valence-electron chi connectivity index (χ4n) is 2.65. The zero-order valence-corrected chi connectivity index (χ0v) is 17.2. The van der Waals surface area contributed by atoms with Crippen molar-refractivity contribution in [3.8, 4) is 5.75 Å². The molecular formula is C23H30N2O3. The minimum absolute atomic E-state index is 0.0668. The topological polar surface area (TPSA) is 67.4 Å². The van der Waals surface area contributed by atoms with E-state index in [4.69, 9.17) is 4.74 Å². The summed E-state index contributed by atoms with van der Waals surface area (Å²) >= 11 is 0. The molecule has 0 heterocycles. The summed E-state index contributed by atoms with van der Waals surface area (Å²) in [5, 5.41) is 5.63. The summed E-state index contributed by atoms with van der Waals surface area (Å²) < 4.78 is 5.57. The van der Waals surface area contributed by atoms with Crippen LogP contribution in [0.1, 0.15) is 56.5 Å². The number of para-hydroxylation sites is 1. The van der Waals surface area contributed by atoms with Crippen LogP contribution in [0.3, 0.4) is 0 Å². The first-order valence-electron chi connectivity index (χ1n) is 9.71. The predicted molar refractivity (Wildman–Crippen MR) is 113 cm³/mol. The first-order valence-corrected chi connectivity index (χ1v) is 9.71. The molecule has 0 atom stereocenters. The van der Waals surface area contributed by atoms with Gasteiger partial charge in [0.2, 0.25) is 0 Å². The number of carbonyl (C=O) groups excluding carboxylic acids is 2. The second kappa shape index (κ2) is 9.93. The van der Waals surface area contributed by atoms with Gasteiger partial charge < -0.3 is 15.4 Å². The molecular weight excluding hydrogens is 352 g/mol. The van der Waals surface area contributed by atoms with Crippen LogP contribution >= 0.6 is 0 Å². The minimum atomic E-state index is -0.311. The average molecular weight is 383 g/mol. The quantitative estimate of drug-likeness (QED) is 0.659. The highest BCUT2D eigenvalue weighted by atomic mass is 16.5. The van der Waals surface area contributed by atoms with Crippen LogP contribution in [0.5, 0.6) is 5.75 Å². The Hall–Kier alpha value is -2.82. The van der Waals surface area contributed by atoms with Crippen molar-refractivity contribution in [2.45, 2.75) is 46.0 Å². The summed E-state index contributed by atoms with van der Waals surface area (Å²) in [5.74, 6) is 0.130. The lowest BCUT2D eigenvalue weighted by atomic mass is 9.87. The molecule has 0 saturated heterocycles. The highest BCUT2D eigenvalue weighted by Gasteiger charge is 2.14. The maximum Gasteiger partial charge on any atom is 0.262 e. The van der Waals surface area contributed by atoms with E-state index in [-0.39, 0.29) is 23.8 Å². The van der Waals surface area contributed by atoms with Gasteiger partial charge in [0.25, 0.3) is 11.8 Å². The lowest BCUT2D eigenvalue weighted by Crippen LogP contribution is -2.27. The van der Waals surface area contributed by atoms with Crippen LogP contribution in [-0.4, -0.2) is 25.0 Å². The van der Waals surface area contributed by atoms with Crippen molar-refractivity contribution in [1.29, 1.82) is 0 Å². The van der Waals surface area contributed by atoms with Gasteiger partial charge in [0.1, 0.15) is 5.75 Å². The Labute approximate surface area is 167 Å². The summed E-state index contributed by atoms with van der Waals surface area (Å²) in [6.07, 6.45) is 1.93. The van der Waals surface area contributed by atoms with E-state index in [1.165, 1.54) is 5.56 Å². The molecule has 2 aromatic rings. The van der Waals surface area contributed by atoms with Crippen LogP contribution < -0.4 is 15.4 Å². The SMILES string of the molecule is CCCCNC(=O)c1ccccc1NC(=O)COc1ccc(C(C)(C)C)cc1. The van der Waals surface area contributed by atoms with Gasteiger partial charge in [0, 0.05) is 6.54 Å². The molecule has 0 radical (unpaired) electrons. The smallest absolute Gasteiger partial charge is 0.262 e. The van der Waals surface area contributed by atoms with Gasteiger partial charge >= 0.3 is 0 Å². The molecule has 0 spiro atoms. The molecule has 0 aliphatic carbocycles. The summed E-state index contributed by atoms with van der Waals surface area (Å²) in [6.45, 7) is 8.99. The van der Waals surface area contributed by atoms with Gasteiger partial charge in [-0.15, -0.1) is 0 Å². The second-order valence-electron chi connectivity index (χ2n) is 7.77. The van der Waals surface area contributed by atoms with Crippen molar-refractivity contribution in [2.24, 2.45) is 0 Å². The molecule has 2 aromatic carbocycles. The Balaban J connectivity index is 1.93. The molecule has 0 bridgehead atoms. The normalized spacial score (nSPS) is 11.0. The Morgan fingerprint density at radius 1 is 1.00 bits per heavy atom. The van der Waals surface area contributed by atoms with Crippen LogP contribution in [-0.2, 0) is 10.2 Å². The van der Waals surface area contributed by atoms with E-state index in [2.05, 4.69) is 38.3 Å². The molecule has 0 unspecified atom stereocenters. The molecule has 0 aromatic heterocycles. The zero-order valence-electron chi connectivity index (χ0n) is 17.2. The molecule has 5 nitrogen and oxygen atoms in total. The number of hydrogen-bond donors (Lipinski definition) is 2. The second-order valence-corrected chi connectivity index (χ2v) is 7.77. The Bertz CT molecular complexity index is 792. The van der Waals surface area contributed by atoms with E-state index in [1.54, 1.807) is 24.3 Å². The minimum Gasteiger partial charge on any atom is -0.484 e. The number of unbranched alkanes of at least 4 members (excludes halogenated alkanes) is 1. The number of rotatable bonds is 8. The molecule has 2 rings (SSSR count). The van der Waals surface area contributed by atoms with Crippen molar-refractivity contribution >= 4 is 17.5 Å². The summed E-state index contributed by atoms with van der Waals surface area (Å²) in [6, 6.07) is 14.7. The van der Waals surface area contributed by atoms with Gasteiger partial charge in [-0.05, 0) is 41.7 Å². The third kappa shape index (κ3) is 6.41. The summed E-state index contributed by atoms with van der Waals surface area (Å²) in [4.78, 5) is 24.6. The largest absolute Gasteiger partial charge is 0.484 e. The molecule has 2 N–H and O–H groups in total. The standard InChI is InChI=1S/C23H30N2O3/c1-5-6-15-24-22(27)19-9-7-8-10-20(19)25-21(26)16-28-18-13-11-17(12-14-18)23(2,3)4/h7-14H,5-6,15-16H2,1-4H3,(H,24,27)(H,25,26). The predicted octanol–water partition coefficient (Wildman–Crippen LogP) is 4.53. The lowest BCUT2D eigenvalue weighted by Gasteiger charge is -2.19. The van der Waals surface area contributed by atoms with Crippen molar-refractivity contribution in [2.75, 3.05) is 18.5 Å². The van der Waals surface area contributed by atoms with Crippen LogP contribution in [0.4, 0.5) is 5.69 Å². The Morgan fingerprint density at radius 3 is 2.32 bits per heavy atom. The maximum absolute atomic E-state index is 12.3. The van der Waals surface area contributed by atoms with Crippen LogP contribution in [0.2, 0.25) is 0 Å². The zero-order chi connectivity index (χ0) is 20.6. The molecule has 0 aliphatic heterocycles. The van der Waals surface area contributed by atoms with E-state index in [0.29, 0.717) is 23.5 Å². The fourth-order valence-corrected chi connectivity index (χ4v) is 2.65. The van der Waals surface area contributed by atoms with Crippen molar-refractivity contribution < 1.29 is 14.3 Å². The summed E-state index contributed by atoms with van der Waals surface area (Å²) in [5.41, 5.74) is 2.19. The third-order valence-corrected chi connectivity index (χ3v) is 4.35. The van der Waals surface area contributed by atoms with E-state index < -0.39 is 0 Å². The number of anilines is 1. The van der Waals surface area contributed by atoms with E-state index >= 15 is 0 Å². The molecule has 2 amide bonds. The Kier molecular flexibility index (Phi) is 7.61. The first-order chi connectivity index (χ1) is 13.3. The van der Waals surface area contributed by atoms with Gasteiger partial charge in [-0.1, -0.05) is 58.4 Å². The monoisotopic (exact) mass is 382 g/mol. The molecule has 0 saturated carbocycles. The van der Waals surface area contributed by atoms with Crippen LogP contribution in [0, 0.1) is 0 Å². The number of hydrogen-bond acceptors (Lipinski definition) is 3. The van der Waals surface area contributed by atoms with Gasteiger partial charge in [-0.2, -0.15) is 0 Å². The van der Waals surface area contributed by atoms with Crippen LogP contribution in [0.15, 0.2) is 48.5 Å². The molecule has 0 fully saturated rings. The number of carbonyl (C=O) groups is 2. The van der Waals surface area contributed by atoms with Gasteiger partial charge in [-0.25, -0.2) is 0 Å². The molecule has 28 heavy (non-hydrogen) atoms. The van der Waals surface area contributed by atoms with Crippen molar-refractivity contribution in [3.63, 3.8) is 0 Å². The fraction of sp³-hybridized carbons (Fsp3) is 0.391. The van der Waals surface area contributed by atoms with Gasteiger partial charge in [0.05, 0.1) is 11.3 Å². The molecule has 5 heteroatoms. The van der Waals surface area contributed by atoms with E-state index in [9.17, 15) is 9.59 Å². The highest BCUT2D eigenvalue weighted by molar-refractivity contribution is 6.04. The van der Waals surface area contributed by atoms with Crippen molar-refractivity contribution in [1.82, 2.24) is 5.32 Å². The van der Waals surface area contributed by atoms with Gasteiger partial charge in [0.15, 0.2) is 6.61 Å². The Morgan fingerprint density at radius 2 is 1.68 bits per heavy atom.